The van der Waals surface area contributed by atoms with Gasteiger partial charge in [0.15, 0.2) is 0 Å². The van der Waals surface area contributed by atoms with E-state index in [0.29, 0.717) is 23.4 Å². The van der Waals surface area contributed by atoms with Crippen LogP contribution in [0.25, 0.3) is 0 Å². The fourth-order valence-electron chi connectivity index (χ4n) is 4.32. The molecule has 0 spiro atoms. The van der Waals surface area contributed by atoms with Gasteiger partial charge < -0.3 is 20.1 Å². The number of nitrogens with two attached hydrogens (primary N) is 1. The summed E-state index contributed by atoms with van der Waals surface area (Å²) in [7, 11) is 1.56. The summed E-state index contributed by atoms with van der Waals surface area (Å²) in [5, 5.41) is 0. The van der Waals surface area contributed by atoms with Gasteiger partial charge in [-0.2, -0.15) is 0 Å². The van der Waals surface area contributed by atoms with Crippen molar-refractivity contribution in [2.24, 2.45) is 11.7 Å². The highest BCUT2D eigenvalue weighted by Gasteiger charge is 2.43. The molecule has 3 aromatic carbocycles. The third kappa shape index (κ3) is 4.64. The average molecular weight is 459 g/mol. The Balaban J connectivity index is 1.76. The molecule has 1 heterocycles. The number of carbonyl (C=O) groups is 3. The summed E-state index contributed by atoms with van der Waals surface area (Å²) in [6.07, 6.45) is 0.513. The molecule has 3 aromatic rings. The maximum atomic E-state index is 13.5. The molecule has 2 N–H and O–H groups in total. The van der Waals surface area contributed by atoms with Crippen LogP contribution in [0.3, 0.4) is 0 Å². The molecule has 7 nitrogen and oxygen atoms in total. The van der Waals surface area contributed by atoms with Crippen molar-refractivity contribution in [3.05, 3.63) is 89.5 Å². The van der Waals surface area contributed by atoms with Crippen LogP contribution in [0.1, 0.15) is 40.4 Å². The van der Waals surface area contributed by atoms with Gasteiger partial charge in [-0.15, -0.1) is 0 Å². The third-order valence-corrected chi connectivity index (χ3v) is 6.01. The van der Waals surface area contributed by atoms with Gasteiger partial charge in [-0.25, -0.2) is 0 Å². The molecule has 2 amide bonds. The molecule has 0 bridgehead atoms. The number of amides is 2. The molecule has 1 aliphatic rings. The van der Waals surface area contributed by atoms with Crippen molar-refractivity contribution in [1.82, 2.24) is 0 Å². The number of carbonyl (C=O) groups excluding carboxylic acids is 3. The number of esters is 1. The van der Waals surface area contributed by atoms with Gasteiger partial charge in [-0.3, -0.25) is 14.4 Å². The largest absolute Gasteiger partial charge is 0.496 e. The predicted octanol–water partition coefficient (Wildman–Crippen LogP) is 4.19. The quantitative estimate of drug-likeness (QED) is 0.441. The zero-order valence-corrected chi connectivity index (χ0v) is 19.1. The minimum atomic E-state index is -0.660. The molecule has 7 heteroatoms. The molecular formula is C27H26N2O5. The highest BCUT2D eigenvalue weighted by atomic mass is 16.5. The van der Waals surface area contributed by atoms with E-state index in [9.17, 15) is 14.4 Å². The standard InChI is InChI=1S/C27H26N2O5/c1-17-10-12-19(13-11-17)29-24(30)15-14-22(25(29)21-8-3-4-9-23(21)33-2)27(32)34-20-7-5-6-18(16-20)26(28)31/h3-13,16,22,25H,14-15H2,1-2H3,(H2,28,31). The highest BCUT2D eigenvalue weighted by Crippen LogP contribution is 2.43. The lowest BCUT2D eigenvalue weighted by atomic mass is 9.83. The van der Waals surface area contributed by atoms with Gasteiger partial charge in [-0.05, 0) is 49.7 Å². The number of benzene rings is 3. The van der Waals surface area contributed by atoms with Crippen molar-refractivity contribution < 1.29 is 23.9 Å². The number of piperidine rings is 1. The molecule has 0 aromatic heterocycles. The number of primary amides is 1. The van der Waals surface area contributed by atoms with Crippen LogP contribution in [0.4, 0.5) is 5.69 Å². The first-order chi connectivity index (χ1) is 16.4. The van der Waals surface area contributed by atoms with Crippen LogP contribution in [0.2, 0.25) is 0 Å². The normalized spacial score (nSPS) is 17.8. The Bertz CT molecular complexity index is 1220. The second-order valence-electron chi connectivity index (χ2n) is 8.24. The summed E-state index contributed by atoms with van der Waals surface area (Å²) in [6, 6.07) is 20.5. The maximum absolute atomic E-state index is 13.5. The van der Waals surface area contributed by atoms with E-state index in [1.54, 1.807) is 36.3 Å². The molecule has 1 fully saturated rings. The van der Waals surface area contributed by atoms with Crippen LogP contribution < -0.4 is 20.1 Å². The lowest BCUT2D eigenvalue weighted by molar-refractivity contribution is -0.141. The Morgan fingerprint density at radius 3 is 2.44 bits per heavy atom. The monoisotopic (exact) mass is 458 g/mol. The molecule has 2 unspecified atom stereocenters. The topological polar surface area (TPSA) is 98.9 Å². The Kier molecular flexibility index (Phi) is 6.63. The first-order valence-corrected chi connectivity index (χ1v) is 11.0. The van der Waals surface area contributed by atoms with E-state index < -0.39 is 23.8 Å². The minimum absolute atomic E-state index is 0.0838. The Morgan fingerprint density at radius 2 is 1.74 bits per heavy atom. The van der Waals surface area contributed by atoms with E-state index in [-0.39, 0.29) is 23.6 Å². The number of ether oxygens (including phenoxy) is 2. The molecule has 1 saturated heterocycles. The van der Waals surface area contributed by atoms with Crippen molar-refractivity contribution in [3.8, 4) is 11.5 Å². The van der Waals surface area contributed by atoms with Crippen molar-refractivity contribution in [2.45, 2.75) is 25.8 Å². The van der Waals surface area contributed by atoms with Crippen molar-refractivity contribution in [2.75, 3.05) is 12.0 Å². The molecule has 34 heavy (non-hydrogen) atoms. The molecule has 4 rings (SSSR count). The Labute approximate surface area is 198 Å². The fourth-order valence-corrected chi connectivity index (χ4v) is 4.32. The highest BCUT2D eigenvalue weighted by molar-refractivity contribution is 5.97. The van der Waals surface area contributed by atoms with Crippen molar-refractivity contribution in [3.63, 3.8) is 0 Å². The number of para-hydroxylation sites is 1. The number of hydrogen-bond donors (Lipinski definition) is 1. The van der Waals surface area contributed by atoms with Crippen LogP contribution in [-0.2, 0) is 9.59 Å². The third-order valence-electron chi connectivity index (χ3n) is 6.01. The molecule has 0 radical (unpaired) electrons. The van der Waals surface area contributed by atoms with E-state index in [4.69, 9.17) is 15.2 Å². The predicted molar refractivity (Wildman–Crippen MR) is 128 cm³/mol. The van der Waals surface area contributed by atoms with Crippen molar-refractivity contribution >= 4 is 23.5 Å². The van der Waals surface area contributed by atoms with Gasteiger partial charge in [0.1, 0.15) is 11.5 Å². The zero-order chi connectivity index (χ0) is 24.2. The smallest absolute Gasteiger partial charge is 0.316 e. The zero-order valence-electron chi connectivity index (χ0n) is 19.1. The second-order valence-corrected chi connectivity index (χ2v) is 8.24. The summed E-state index contributed by atoms with van der Waals surface area (Å²) in [6.45, 7) is 1.97. The molecule has 1 aliphatic heterocycles. The van der Waals surface area contributed by atoms with E-state index in [1.807, 2.05) is 49.4 Å². The lowest BCUT2D eigenvalue weighted by Gasteiger charge is -2.40. The number of anilines is 1. The number of nitrogens with zero attached hydrogens (tertiary/aromatic N) is 1. The van der Waals surface area contributed by atoms with Crippen LogP contribution >= 0.6 is 0 Å². The first kappa shape index (κ1) is 23.0. The maximum Gasteiger partial charge on any atom is 0.316 e. The van der Waals surface area contributed by atoms with Gasteiger partial charge >= 0.3 is 5.97 Å². The number of rotatable bonds is 6. The lowest BCUT2D eigenvalue weighted by Crippen LogP contribution is -2.46. The number of methoxy groups -OCH3 is 1. The molecule has 0 aliphatic carbocycles. The summed E-state index contributed by atoms with van der Waals surface area (Å²) in [4.78, 5) is 39.8. The SMILES string of the molecule is COc1ccccc1C1C(C(=O)Oc2cccc(C(N)=O)c2)CCC(=O)N1c1ccc(C)cc1. The summed E-state index contributed by atoms with van der Waals surface area (Å²) in [5.74, 6) is -1.06. The average Bonchev–Trinajstić information content (AvgIpc) is 2.84. The van der Waals surface area contributed by atoms with Gasteiger partial charge in [0.05, 0.1) is 19.1 Å². The van der Waals surface area contributed by atoms with E-state index in [1.165, 1.54) is 6.07 Å². The Morgan fingerprint density at radius 1 is 1.00 bits per heavy atom. The summed E-state index contributed by atoms with van der Waals surface area (Å²) >= 11 is 0. The Hall–Kier alpha value is -4.13. The van der Waals surface area contributed by atoms with Crippen LogP contribution in [0, 0.1) is 12.8 Å². The van der Waals surface area contributed by atoms with Crippen LogP contribution in [0.15, 0.2) is 72.8 Å². The fraction of sp³-hybridized carbons (Fsp3) is 0.222. The van der Waals surface area contributed by atoms with Crippen LogP contribution in [0.5, 0.6) is 11.5 Å². The van der Waals surface area contributed by atoms with Gasteiger partial charge in [0, 0.05) is 23.2 Å². The van der Waals surface area contributed by atoms with E-state index >= 15 is 0 Å². The summed E-state index contributed by atoms with van der Waals surface area (Å²) in [5.41, 5.74) is 8.07. The molecule has 174 valence electrons. The summed E-state index contributed by atoms with van der Waals surface area (Å²) < 4.78 is 11.3. The van der Waals surface area contributed by atoms with E-state index in [0.717, 1.165) is 5.56 Å². The minimum Gasteiger partial charge on any atom is -0.496 e. The second kappa shape index (κ2) is 9.79. The molecular weight excluding hydrogens is 432 g/mol. The molecule has 0 saturated carbocycles. The van der Waals surface area contributed by atoms with Gasteiger partial charge in [0.2, 0.25) is 11.8 Å². The van der Waals surface area contributed by atoms with Crippen molar-refractivity contribution in [1.29, 1.82) is 0 Å². The van der Waals surface area contributed by atoms with E-state index in [2.05, 4.69) is 0 Å². The van der Waals surface area contributed by atoms with Crippen LogP contribution in [-0.4, -0.2) is 24.9 Å². The molecule has 2 atom stereocenters. The number of hydrogen-bond acceptors (Lipinski definition) is 5. The first-order valence-electron chi connectivity index (χ1n) is 11.0. The van der Waals surface area contributed by atoms with Gasteiger partial charge in [-0.1, -0.05) is 42.0 Å². The number of aryl methyl sites for hydroxylation is 1. The van der Waals surface area contributed by atoms with Gasteiger partial charge in [0.25, 0.3) is 0 Å².